The number of hydrogen-bond acceptors (Lipinski definition) is 3. The fraction of sp³-hybridized carbons (Fsp3) is 0.308. The van der Waals surface area contributed by atoms with Gasteiger partial charge in [0.05, 0.1) is 15.9 Å². The molecule has 0 amide bonds. The lowest BCUT2D eigenvalue weighted by molar-refractivity contribution is 0.719. The SMILES string of the molecule is CCc1nn(C)c(CSc2cccc(N)c2)c1Br. The molecule has 1 aromatic carbocycles. The number of thioether (sulfide) groups is 1. The summed E-state index contributed by atoms with van der Waals surface area (Å²) in [6.07, 6.45) is 0.942. The van der Waals surface area contributed by atoms with Gasteiger partial charge in [-0.05, 0) is 40.5 Å². The minimum absolute atomic E-state index is 0.804. The molecule has 0 aliphatic heterocycles. The summed E-state index contributed by atoms with van der Waals surface area (Å²) in [4.78, 5) is 1.18. The van der Waals surface area contributed by atoms with Crippen molar-refractivity contribution in [1.82, 2.24) is 9.78 Å². The second kappa shape index (κ2) is 5.80. The third-order valence-corrected chi connectivity index (χ3v) is 4.66. The van der Waals surface area contributed by atoms with Gasteiger partial charge in [0.2, 0.25) is 0 Å². The first-order valence-corrected chi connectivity index (χ1v) is 7.58. The Kier molecular flexibility index (Phi) is 4.35. The van der Waals surface area contributed by atoms with E-state index in [0.29, 0.717) is 0 Å². The molecule has 0 fully saturated rings. The van der Waals surface area contributed by atoms with Gasteiger partial charge in [0, 0.05) is 23.4 Å². The van der Waals surface area contributed by atoms with Crippen LogP contribution in [0.3, 0.4) is 0 Å². The van der Waals surface area contributed by atoms with E-state index in [0.717, 1.165) is 28.0 Å². The molecule has 2 aromatic rings. The van der Waals surface area contributed by atoms with Crippen molar-refractivity contribution in [3.63, 3.8) is 0 Å². The van der Waals surface area contributed by atoms with Crippen LogP contribution in [0.2, 0.25) is 0 Å². The molecular formula is C13H16BrN3S. The van der Waals surface area contributed by atoms with Gasteiger partial charge in [-0.2, -0.15) is 5.10 Å². The van der Waals surface area contributed by atoms with Crippen molar-refractivity contribution in [2.75, 3.05) is 5.73 Å². The van der Waals surface area contributed by atoms with Gasteiger partial charge in [0.25, 0.3) is 0 Å². The van der Waals surface area contributed by atoms with E-state index in [1.54, 1.807) is 11.8 Å². The molecule has 0 aliphatic carbocycles. The molecule has 1 aromatic heterocycles. The second-order valence-corrected chi connectivity index (χ2v) is 5.89. The number of nitrogens with two attached hydrogens (primary N) is 1. The number of halogens is 1. The monoisotopic (exact) mass is 325 g/mol. The van der Waals surface area contributed by atoms with E-state index in [2.05, 4.69) is 34.0 Å². The minimum Gasteiger partial charge on any atom is -0.399 e. The van der Waals surface area contributed by atoms with Crippen molar-refractivity contribution < 1.29 is 0 Å². The third kappa shape index (κ3) is 2.90. The van der Waals surface area contributed by atoms with E-state index in [1.165, 1.54) is 10.6 Å². The largest absolute Gasteiger partial charge is 0.399 e. The van der Waals surface area contributed by atoms with Gasteiger partial charge in [-0.3, -0.25) is 4.68 Å². The van der Waals surface area contributed by atoms with Crippen LogP contribution < -0.4 is 5.73 Å². The van der Waals surface area contributed by atoms with Gasteiger partial charge in [-0.25, -0.2) is 0 Å². The van der Waals surface area contributed by atoms with Crippen molar-refractivity contribution in [3.8, 4) is 0 Å². The molecule has 2 N–H and O–H groups in total. The lowest BCUT2D eigenvalue weighted by Crippen LogP contribution is -1.97. The number of benzene rings is 1. The molecule has 18 heavy (non-hydrogen) atoms. The quantitative estimate of drug-likeness (QED) is 0.689. The second-order valence-electron chi connectivity index (χ2n) is 4.05. The highest BCUT2D eigenvalue weighted by molar-refractivity contribution is 9.10. The number of aromatic nitrogens is 2. The topological polar surface area (TPSA) is 43.8 Å². The molecule has 0 aliphatic rings. The Hall–Kier alpha value is -0.940. The van der Waals surface area contributed by atoms with Crippen molar-refractivity contribution >= 4 is 33.4 Å². The number of nitrogens with zero attached hydrogens (tertiary/aromatic N) is 2. The molecular weight excluding hydrogens is 310 g/mol. The van der Waals surface area contributed by atoms with Crippen LogP contribution in [0.5, 0.6) is 0 Å². The molecule has 0 radical (unpaired) electrons. The van der Waals surface area contributed by atoms with E-state index in [-0.39, 0.29) is 0 Å². The predicted molar refractivity (Wildman–Crippen MR) is 80.7 cm³/mol. The highest BCUT2D eigenvalue weighted by Crippen LogP contribution is 2.29. The summed E-state index contributed by atoms with van der Waals surface area (Å²) >= 11 is 5.40. The number of hydrogen-bond donors (Lipinski definition) is 1. The Bertz CT molecular complexity index is 551. The Morgan fingerprint density at radius 3 is 2.83 bits per heavy atom. The van der Waals surface area contributed by atoms with Crippen LogP contribution in [-0.4, -0.2) is 9.78 Å². The van der Waals surface area contributed by atoms with Crippen LogP contribution in [-0.2, 0) is 19.2 Å². The summed E-state index contributed by atoms with van der Waals surface area (Å²) in [5.74, 6) is 0.882. The van der Waals surface area contributed by atoms with Crippen LogP contribution in [0.25, 0.3) is 0 Å². The van der Waals surface area contributed by atoms with Crippen LogP contribution >= 0.6 is 27.7 Å². The molecule has 0 spiro atoms. The standard InChI is InChI=1S/C13H16BrN3S/c1-3-11-13(14)12(17(2)16-11)8-18-10-6-4-5-9(15)7-10/h4-7H,3,8,15H2,1-2H3. The lowest BCUT2D eigenvalue weighted by atomic mass is 10.3. The third-order valence-electron chi connectivity index (χ3n) is 2.74. The number of anilines is 1. The Labute approximate surface area is 120 Å². The van der Waals surface area contributed by atoms with Gasteiger partial charge >= 0.3 is 0 Å². The van der Waals surface area contributed by atoms with E-state index in [1.807, 2.05) is 29.9 Å². The van der Waals surface area contributed by atoms with Crippen LogP contribution in [0.1, 0.15) is 18.3 Å². The molecule has 5 heteroatoms. The van der Waals surface area contributed by atoms with Crippen molar-refractivity contribution in [2.45, 2.75) is 24.0 Å². The maximum absolute atomic E-state index is 5.77. The fourth-order valence-corrected chi connectivity index (χ4v) is 3.70. The molecule has 0 atom stereocenters. The van der Waals surface area contributed by atoms with Crippen LogP contribution in [0.15, 0.2) is 33.6 Å². The molecule has 0 bridgehead atoms. The van der Waals surface area contributed by atoms with Crippen molar-refractivity contribution in [1.29, 1.82) is 0 Å². The van der Waals surface area contributed by atoms with Gasteiger partial charge in [-0.15, -0.1) is 11.8 Å². The first-order chi connectivity index (χ1) is 8.61. The Morgan fingerprint density at radius 1 is 1.44 bits per heavy atom. The van der Waals surface area contributed by atoms with E-state index in [4.69, 9.17) is 5.73 Å². The van der Waals surface area contributed by atoms with E-state index < -0.39 is 0 Å². The average molecular weight is 326 g/mol. The van der Waals surface area contributed by atoms with Gasteiger partial charge in [0.1, 0.15) is 0 Å². The minimum atomic E-state index is 0.804. The number of rotatable bonds is 4. The summed E-state index contributed by atoms with van der Waals surface area (Å²) in [5, 5.41) is 4.49. The van der Waals surface area contributed by atoms with Crippen molar-refractivity contribution in [3.05, 3.63) is 40.1 Å². The molecule has 0 unspecified atom stereocenters. The first kappa shape index (κ1) is 13.5. The zero-order valence-corrected chi connectivity index (χ0v) is 12.9. The molecule has 1 heterocycles. The zero-order valence-electron chi connectivity index (χ0n) is 10.5. The average Bonchev–Trinajstić information content (AvgIpc) is 2.62. The summed E-state index contributed by atoms with van der Waals surface area (Å²) in [5.41, 5.74) is 8.90. The summed E-state index contributed by atoms with van der Waals surface area (Å²) < 4.78 is 3.08. The summed E-state index contributed by atoms with van der Waals surface area (Å²) in [7, 11) is 1.99. The molecule has 3 nitrogen and oxygen atoms in total. The molecule has 96 valence electrons. The van der Waals surface area contributed by atoms with E-state index in [9.17, 15) is 0 Å². The van der Waals surface area contributed by atoms with Gasteiger partial charge in [0.15, 0.2) is 0 Å². The highest BCUT2D eigenvalue weighted by atomic mass is 79.9. The summed E-state index contributed by atoms with van der Waals surface area (Å²) in [6, 6.07) is 7.95. The summed E-state index contributed by atoms with van der Waals surface area (Å²) in [6.45, 7) is 2.11. The smallest absolute Gasteiger partial charge is 0.0767 e. The molecule has 2 rings (SSSR count). The molecule has 0 saturated heterocycles. The Morgan fingerprint density at radius 2 is 2.22 bits per heavy atom. The van der Waals surface area contributed by atoms with Crippen molar-refractivity contribution in [2.24, 2.45) is 7.05 Å². The van der Waals surface area contributed by atoms with Gasteiger partial charge in [-0.1, -0.05) is 13.0 Å². The number of nitrogen functional groups attached to an aromatic ring is 1. The predicted octanol–water partition coefficient (Wildman–Crippen LogP) is 3.62. The van der Waals surface area contributed by atoms with Gasteiger partial charge < -0.3 is 5.73 Å². The first-order valence-electron chi connectivity index (χ1n) is 5.80. The fourth-order valence-electron chi connectivity index (χ4n) is 1.73. The number of aryl methyl sites for hydroxylation is 2. The Balaban J connectivity index is 2.13. The van der Waals surface area contributed by atoms with E-state index >= 15 is 0 Å². The van der Waals surface area contributed by atoms with Crippen LogP contribution in [0.4, 0.5) is 5.69 Å². The molecule has 0 saturated carbocycles. The van der Waals surface area contributed by atoms with Crippen LogP contribution in [0, 0.1) is 0 Å². The maximum atomic E-state index is 5.77. The lowest BCUT2D eigenvalue weighted by Gasteiger charge is -2.04. The normalized spacial score (nSPS) is 10.8. The zero-order chi connectivity index (χ0) is 13.1. The maximum Gasteiger partial charge on any atom is 0.0767 e. The highest BCUT2D eigenvalue weighted by Gasteiger charge is 2.12.